The lowest BCUT2D eigenvalue weighted by atomic mass is 10.1. The highest BCUT2D eigenvalue weighted by Gasteiger charge is 2.24. The Labute approximate surface area is 130 Å². The fourth-order valence-electron chi connectivity index (χ4n) is 2.20. The molecule has 1 aromatic heterocycles. The molecule has 0 aliphatic carbocycles. The summed E-state index contributed by atoms with van der Waals surface area (Å²) < 4.78 is 0. The SMILES string of the molecule is CCC(CC)N(CCO)C(=O)c1sccc1C#CCCO. The zero-order chi connectivity index (χ0) is 15.7. The molecule has 0 fully saturated rings. The minimum atomic E-state index is -0.0685. The number of carbonyl (C=O) groups excluding carboxylic acids is 1. The van der Waals surface area contributed by atoms with Crippen molar-refractivity contribution in [2.75, 3.05) is 19.8 Å². The maximum absolute atomic E-state index is 12.7. The summed E-state index contributed by atoms with van der Waals surface area (Å²) in [6.45, 7) is 4.40. The van der Waals surface area contributed by atoms with Gasteiger partial charge in [-0.25, -0.2) is 0 Å². The topological polar surface area (TPSA) is 60.8 Å². The fourth-order valence-corrected chi connectivity index (χ4v) is 3.01. The van der Waals surface area contributed by atoms with Crippen LogP contribution in [0.4, 0.5) is 0 Å². The predicted molar refractivity (Wildman–Crippen MR) is 85.4 cm³/mol. The minimum absolute atomic E-state index is 0.0186. The summed E-state index contributed by atoms with van der Waals surface area (Å²) in [5, 5.41) is 19.8. The van der Waals surface area contributed by atoms with Gasteiger partial charge in [0, 0.05) is 24.6 Å². The van der Waals surface area contributed by atoms with E-state index in [1.54, 1.807) is 4.90 Å². The van der Waals surface area contributed by atoms with E-state index in [1.165, 1.54) is 11.3 Å². The highest BCUT2D eigenvalue weighted by atomic mass is 32.1. The molecule has 0 spiro atoms. The molecule has 0 saturated carbocycles. The van der Waals surface area contributed by atoms with Gasteiger partial charge in [0.2, 0.25) is 0 Å². The van der Waals surface area contributed by atoms with Crippen LogP contribution in [0.5, 0.6) is 0 Å². The smallest absolute Gasteiger partial charge is 0.265 e. The molecule has 0 aliphatic heterocycles. The van der Waals surface area contributed by atoms with Crippen molar-refractivity contribution >= 4 is 17.2 Å². The van der Waals surface area contributed by atoms with Gasteiger partial charge in [-0.3, -0.25) is 4.79 Å². The van der Waals surface area contributed by atoms with Gasteiger partial charge < -0.3 is 15.1 Å². The molecular formula is C16H23NO3S. The number of hydrogen-bond acceptors (Lipinski definition) is 4. The fraction of sp³-hybridized carbons (Fsp3) is 0.562. The Morgan fingerprint density at radius 3 is 2.62 bits per heavy atom. The van der Waals surface area contributed by atoms with Crippen LogP contribution in [-0.4, -0.2) is 46.8 Å². The Kier molecular flexibility index (Phi) is 8.06. The van der Waals surface area contributed by atoms with Crippen LogP contribution in [-0.2, 0) is 0 Å². The Hall–Kier alpha value is -1.35. The van der Waals surface area contributed by atoms with Crippen LogP contribution in [0.1, 0.15) is 48.3 Å². The molecule has 0 saturated heterocycles. The number of thiophene rings is 1. The third-order valence-electron chi connectivity index (χ3n) is 3.30. The van der Waals surface area contributed by atoms with E-state index in [4.69, 9.17) is 5.11 Å². The van der Waals surface area contributed by atoms with Crippen molar-refractivity contribution in [3.8, 4) is 11.8 Å². The van der Waals surface area contributed by atoms with E-state index >= 15 is 0 Å². The second kappa shape index (κ2) is 9.56. The molecule has 116 valence electrons. The molecule has 0 unspecified atom stereocenters. The summed E-state index contributed by atoms with van der Waals surface area (Å²) in [6.07, 6.45) is 2.12. The largest absolute Gasteiger partial charge is 0.395 e. The van der Waals surface area contributed by atoms with Crippen LogP contribution in [0.25, 0.3) is 0 Å². The summed E-state index contributed by atoms with van der Waals surface area (Å²) in [4.78, 5) is 15.1. The monoisotopic (exact) mass is 309 g/mol. The van der Waals surface area contributed by atoms with Crippen LogP contribution in [0, 0.1) is 11.8 Å². The van der Waals surface area contributed by atoms with E-state index < -0.39 is 0 Å². The van der Waals surface area contributed by atoms with Crippen molar-refractivity contribution in [2.24, 2.45) is 0 Å². The summed E-state index contributed by atoms with van der Waals surface area (Å²) >= 11 is 1.37. The number of rotatable bonds is 7. The Morgan fingerprint density at radius 2 is 2.05 bits per heavy atom. The molecule has 0 radical (unpaired) electrons. The van der Waals surface area contributed by atoms with Gasteiger partial charge in [0.05, 0.1) is 13.2 Å². The van der Waals surface area contributed by atoms with Gasteiger partial charge in [-0.1, -0.05) is 25.7 Å². The van der Waals surface area contributed by atoms with Gasteiger partial charge in [0.15, 0.2) is 0 Å². The summed E-state index contributed by atoms with van der Waals surface area (Å²) in [5.41, 5.74) is 0.701. The number of carbonyl (C=O) groups is 1. The van der Waals surface area contributed by atoms with E-state index in [0.717, 1.165) is 12.8 Å². The van der Waals surface area contributed by atoms with Crippen LogP contribution in [0.2, 0.25) is 0 Å². The number of aliphatic hydroxyl groups excluding tert-OH is 2. The lowest BCUT2D eigenvalue weighted by molar-refractivity contribution is 0.0627. The van der Waals surface area contributed by atoms with Crippen LogP contribution >= 0.6 is 11.3 Å². The second-order valence-corrected chi connectivity index (χ2v) is 5.55. The molecule has 21 heavy (non-hydrogen) atoms. The van der Waals surface area contributed by atoms with E-state index in [1.807, 2.05) is 25.3 Å². The summed E-state index contributed by atoms with van der Waals surface area (Å²) in [5.74, 6) is 5.72. The normalized spacial score (nSPS) is 10.3. The molecule has 0 atom stereocenters. The van der Waals surface area contributed by atoms with Gasteiger partial charge in [0.1, 0.15) is 4.88 Å². The second-order valence-electron chi connectivity index (χ2n) is 4.63. The maximum atomic E-state index is 12.7. The lowest BCUT2D eigenvalue weighted by Gasteiger charge is -2.29. The number of hydrogen-bond donors (Lipinski definition) is 2. The molecule has 2 N–H and O–H groups in total. The molecule has 1 amide bonds. The number of nitrogens with zero attached hydrogens (tertiary/aromatic N) is 1. The minimum Gasteiger partial charge on any atom is -0.395 e. The molecule has 0 aromatic carbocycles. The quantitative estimate of drug-likeness (QED) is 0.758. The molecule has 0 bridgehead atoms. The first kappa shape index (κ1) is 17.7. The lowest BCUT2D eigenvalue weighted by Crippen LogP contribution is -2.41. The standard InChI is InChI=1S/C16H23NO3S/c1-3-14(4-2)17(9-11-19)16(20)15-13(8-12-21-15)7-5-6-10-18/h8,12,14,18-19H,3-4,6,9-11H2,1-2H3. The number of aliphatic hydroxyl groups is 2. The summed E-state index contributed by atoms with van der Waals surface area (Å²) in [6, 6.07) is 1.96. The van der Waals surface area contributed by atoms with Crippen LogP contribution in [0.15, 0.2) is 11.4 Å². The average Bonchev–Trinajstić information content (AvgIpc) is 2.95. The highest BCUT2D eigenvalue weighted by Crippen LogP contribution is 2.21. The van der Waals surface area contributed by atoms with E-state index in [-0.39, 0.29) is 25.2 Å². The first-order chi connectivity index (χ1) is 10.2. The molecule has 0 aliphatic rings. The predicted octanol–water partition coefficient (Wildman–Crippen LogP) is 2.11. The van der Waals surface area contributed by atoms with Crippen molar-refractivity contribution in [1.29, 1.82) is 0 Å². The third kappa shape index (κ3) is 4.85. The zero-order valence-electron chi connectivity index (χ0n) is 12.6. The average molecular weight is 309 g/mol. The van der Waals surface area contributed by atoms with E-state index in [2.05, 4.69) is 11.8 Å². The third-order valence-corrected chi connectivity index (χ3v) is 4.21. The highest BCUT2D eigenvalue weighted by molar-refractivity contribution is 7.12. The first-order valence-electron chi connectivity index (χ1n) is 7.28. The van der Waals surface area contributed by atoms with E-state index in [9.17, 15) is 9.90 Å². The van der Waals surface area contributed by atoms with Crippen molar-refractivity contribution < 1.29 is 15.0 Å². The van der Waals surface area contributed by atoms with Crippen molar-refractivity contribution in [2.45, 2.75) is 39.2 Å². The number of amides is 1. The maximum Gasteiger partial charge on any atom is 0.265 e. The van der Waals surface area contributed by atoms with Crippen molar-refractivity contribution in [1.82, 2.24) is 4.90 Å². The Bertz CT molecular complexity index is 497. The van der Waals surface area contributed by atoms with Crippen LogP contribution in [0.3, 0.4) is 0 Å². The molecule has 1 rings (SSSR count). The molecule has 4 nitrogen and oxygen atoms in total. The molecular weight excluding hydrogens is 286 g/mol. The van der Waals surface area contributed by atoms with Crippen molar-refractivity contribution in [3.05, 3.63) is 21.9 Å². The van der Waals surface area contributed by atoms with Crippen LogP contribution < -0.4 is 0 Å². The van der Waals surface area contributed by atoms with Gasteiger partial charge in [-0.2, -0.15) is 0 Å². The first-order valence-corrected chi connectivity index (χ1v) is 8.16. The molecule has 1 aromatic rings. The van der Waals surface area contributed by atoms with Gasteiger partial charge in [-0.05, 0) is 24.3 Å². The molecule has 1 heterocycles. The van der Waals surface area contributed by atoms with Crippen molar-refractivity contribution in [3.63, 3.8) is 0 Å². The van der Waals surface area contributed by atoms with Gasteiger partial charge in [-0.15, -0.1) is 11.3 Å². The van der Waals surface area contributed by atoms with Gasteiger partial charge in [0.25, 0.3) is 5.91 Å². The van der Waals surface area contributed by atoms with Gasteiger partial charge >= 0.3 is 0 Å². The van der Waals surface area contributed by atoms with E-state index in [0.29, 0.717) is 23.4 Å². The molecule has 5 heteroatoms. The Morgan fingerprint density at radius 1 is 1.33 bits per heavy atom. The zero-order valence-corrected chi connectivity index (χ0v) is 13.4. The Balaban J connectivity index is 3.00. The summed E-state index contributed by atoms with van der Waals surface area (Å²) in [7, 11) is 0.